The van der Waals surface area contributed by atoms with E-state index in [-0.39, 0.29) is 36.7 Å². The summed E-state index contributed by atoms with van der Waals surface area (Å²) in [5, 5.41) is 14.7. The summed E-state index contributed by atoms with van der Waals surface area (Å²) < 4.78 is 25.5. The van der Waals surface area contributed by atoms with Crippen molar-refractivity contribution in [3.8, 4) is 6.01 Å². The van der Waals surface area contributed by atoms with Crippen molar-refractivity contribution >= 4 is 17.8 Å². The fourth-order valence-corrected chi connectivity index (χ4v) is 5.06. The summed E-state index contributed by atoms with van der Waals surface area (Å²) in [4.78, 5) is 46.6. The van der Waals surface area contributed by atoms with Gasteiger partial charge in [-0.2, -0.15) is 4.98 Å². The Balaban J connectivity index is 1.42. The molecule has 3 aromatic rings. The van der Waals surface area contributed by atoms with Crippen LogP contribution in [0.2, 0.25) is 0 Å². The number of hydrogen-bond donors (Lipinski definition) is 1. The van der Waals surface area contributed by atoms with E-state index >= 15 is 0 Å². The first-order valence-electron chi connectivity index (χ1n) is 13.2. The summed E-state index contributed by atoms with van der Waals surface area (Å²) in [7, 11) is 0. The number of aliphatic carboxylic acids is 1. The Labute approximate surface area is 230 Å². The van der Waals surface area contributed by atoms with E-state index in [2.05, 4.69) is 10.1 Å². The fraction of sp³-hybridized carbons (Fsp3) is 0.393. The van der Waals surface area contributed by atoms with Crippen molar-refractivity contribution in [1.29, 1.82) is 0 Å². The van der Waals surface area contributed by atoms with Crippen LogP contribution in [0.15, 0.2) is 54.6 Å². The van der Waals surface area contributed by atoms with Gasteiger partial charge in [0.1, 0.15) is 18.5 Å². The molecule has 210 valence electrons. The summed E-state index contributed by atoms with van der Waals surface area (Å²) in [6.45, 7) is 2.22. The number of morpholine rings is 1. The SMILES string of the molecule is O=C(O)C1C(c2nc(OCc3ccc(F)cc3)n(C(=O)c3ccccc3)n2)CCCN1CC(=O)N1CCOCC1. The van der Waals surface area contributed by atoms with Gasteiger partial charge in [-0.05, 0) is 49.2 Å². The van der Waals surface area contributed by atoms with Crippen LogP contribution in [0, 0.1) is 5.82 Å². The molecular formula is C28H30FN5O6. The summed E-state index contributed by atoms with van der Waals surface area (Å²) in [6, 6.07) is 13.0. The van der Waals surface area contributed by atoms with Gasteiger partial charge >= 0.3 is 12.0 Å². The molecule has 1 N–H and O–H groups in total. The molecule has 1 amide bonds. The number of nitrogens with zero attached hydrogens (tertiary/aromatic N) is 5. The quantitative estimate of drug-likeness (QED) is 0.448. The second kappa shape index (κ2) is 12.3. The minimum atomic E-state index is -1.10. The number of carboxylic acids is 1. The monoisotopic (exact) mass is 551 g/mol. The van der Waals surface area contributed by atoms with Crippen molar-refractivity contribution < 1.29 is 33.4 Å². The number of benzene rings is 2. The number of halogens is 1. The first-order chi connectivity index (χ1) is 19.4. The largest absolute Gasteiger partial charge is 0.480 e. The Morgan fingerprint density at radius 3 is 2.45 bits per heavy atom. The van der Waals surface area contributed by atoms with Gasteiger partial charge in [0.25, 0.3) is 5.91 Å². The molecule has 2 atom stereocenters. The summed E-state index contributed by atoms with van der Waals surface area (Å²) >= 11 is 0. The molecule has 2 saturated heterocycles. The van der Waals surface area contributed by atoms with E-state index in [1.807, 2.05) is 0 Å². The fourth-order valence-electron chi connectivity index (χ4n) is 5.06. The third kappa shape index (κ3) is 6.18. The van der Waals surface area contributed by atoms with E-state index in [4.69, 9.17) is 9.47 Å². The van der Waals surface area contributed by atoms with E-state index in [9.17, 15) is 23.9 Å². The van der Waals surface area contributed by atoms with Gasteiger partial charge in [0.2, 0.25) is 5.91 Å². The lowest BCUT2D eigenvalue weighted by molar-refractivity contribution is -0.148. The maximum atomic E-state index is 13.4. The molecule has 2 aliphatic heterocycles. The van der Waals surface area contributed by atoms with Crippen molar-refractivity contribution in [2.45, 2.75) is 31.4 Å². The van der Waals surface area contributed by atoms with E-state index in [0.29, 0.717) is 56.8 Å². The summed E-state index contributed by atoms with van der Waals surface area (Å²) in [5.74, 6) is -2.66. The first kappa shape index (κ1) is 27.4. The lowest BCUT2D eigenvalue weighted by atomic mass is 9.88. The number of amides is 1. The molecule has 0 radical (unpaired) electrons. The highest BCUT2D eigenvalue weighted by molar-refractivity contribution is 5.96. The molecule has 40 heavy (non-hydrogen) atoms. The van der Waals surface area contributed by atoms with Gasteiger partial charge in [0, 0.05) is 24.6 Å². The Kier molecular flexibility index (Phi) is 8.46. The summed E-state index contributed by atoms with van der Waals surface area (Å²) in [5.41, 5.74) is 1.00. The van der Waals surface area contributed by atoms with Crippen LogP contribution < -0.4 is 4.74 Å². The normalized spacial score (nSPS) is 19.8. The number of rotatable bonds is 8. The summed E-state index contributed by atoms with van der Waals surface area (Å²) in [6.07, 6.45) is 1.08. The minimum Gasteiger partial charge on any atom is -0.480 e. The van der Waals surface area contributed by atoms with Crippen molar-refractivity contribution in [1.82, 2.24) is 24.6 Å². The minimum absolute atomic E-state index is 0.00627. The van der Waals surface area contributed by atoms with Gasteiger partial charge in [-0.25, -0.2) is 4.39 Å². The highest BCUT2D eigenvalue weighted by atomic mass is 19.1. The van der Waals surface area contributed by atoms with Crippen LogP contribution in [0.5, 0.6) is 6.01 Å². The number of carboxylic acid groups (broad SMARTS) is 1. The van der Waals surface area contributed by atoms with Crippen molar-refractivity contribution in [3.05, 3.63) is 77.4 Å². The van der Waals surface area contributed by atoms with Crippen molar-refractivity contribution in [2.75, 3.05) is 39.4 Å². The topological polar surface area (TPSA) is 127 Å². The molecule has 2 unspecified atom stereocenters. The lowest BCUT2D eigenvalue weighted by Gasteiger charge is -2.38. The number of carbonyl (C=O) groups is 3. The molecule has 0 saturated carbocycles. The average molecular weight is 552 g/mol. The molecule has 5 rings (SSSR count). The van der Waals surface area contributed by atoms with Crippen LogP contribution in [0.1, 0.15) is 40.5 Å². The van der Waals surface area contributed by atoms with E-state index in [0.717, 1.165) is 4.68 Å². The molecular weight excluding hydrogens is 521 g/mol. The number of ether oxygens (including phenoxy) is 2. The van der Waals surface area contributed by atoms with E-state index in [1.165, 1.54) is 12.1 Å². The molecule has 3 heterocycles. The number of hydrogen-bond acceptors (Lipinski definition) is 8. The highest BCUT2D eigenvalue weighted by Gasteiger charge is 2.42. The second-order valence-electron chi connectivity index (χ2n) is 9.75. The van der Waals surface area contributed by atoms with Crippen LogP contribution >= 0.6 is 0 Å². The van der Waals surface area contributed by atoms with Crippen molar-refractivity contribution in [3.63, 3.8) is 0 Å². The smallest absolute Gasteiger partial charge is 0.323 e. The van der Waals surface area contributed by atoms with Gasteiger partial charge in [0.15, 0.2) is 5.82 Å². The molecule has 0 aliphatic carbocycles. The molecule has 0 spiro atoms. The van der Waals surface area contributed by atoms with Crippen LogP contribution in [-0.4, -0.2) is 92.9 Å². The molecule has 2 aliphatic rings. The first-order valence-corrected chi connectivity index (χ1v) is 13.2. The number of aromatic nitrogens is 3. The van der Waals surface area contributed by atoms with Crippen LogP contribution in [0.3, 0.4) is 0 Å². The van der Waals surface area contributed by atoms with Gasteiger partial charge in [0.05, 0.1) is 19.8 Å². The zero-order chi connectivity index (χ0) is 28.1. The molecule has 1 aromatic heterocycles. The van der Waals surface area contributed by atoms with Crippen LogP contribution in [0.4, 0.5) is 4.39 Å². The molecule has 11 nitrogen and oxygen atoms in total. The van der Waals surface area contributed by atoms with Gasteiger partial charge in [-0.15, -0.1) is 9.78 Å². The Hall–Kier alpha value is -4.16. The predicted octanol–water partition coefficient (Wildman–Crippen LogP) is 2.18. The highest BCUT2D eigenvalue weighted by Crippen LogP contribution is 2.33. The lowest BCUT2D eigenvalue weighted by Crippen LogP contribution is -2.54. The molecule has 2 aromatic carbocycles. The zero-order valence-corrected chi connectivity index (χ0v) is 21.8. The third-order valence-electron chi connectivity index (χ3n) is 7.11. The molecule has 12 heteroatoms. The van der Waals surface area contributed by atoms with E-state index < -0.39 is 23.8 Å². The second-order valence-corrected chi connectivity index (χ2v) is 9.75. The van der Waals surface area contributed by atoms with E-state index in [1.54, 1.807) is 52.3 Å². The Morgan fingerprint density at radius 2 is 1.75 bits per heavy atom. The van der Waals surface area contributed by atoms with Crippen molar-refractivity contribution in [2.24, 2.45) is 0 Å². The number of carbonyl (C=O) groups excluding carboxylic acids is 2. The van der Waals surface area contributed by atoms with Gasteiger partial charge < -0.3 is 19.5 Å². The van der Waals surface area contributed by atoms with Gasteiger partial charge in [-0.3, -0.25) is 19.3 Å². The predicted molar refractivity (Wildman–Crippen MR) is 139 cm³/mol. The zero-order valence-electron chi connectivity index (χ0n) is 21.8. The number of likely N-dealkylation sites (tertiary alicyclic amines) is 1. The average Bonchev–Trinajstić information content (AvgIpc) is 3.41. The Bertz CT molecular complexity index is 1340. The van der Waals surface area contributed by atoms with Gasteiger partial charge in [-0.1, -0.05) is 30.3 Å². The van der Waals surface area contributed by atoms with Crippen LogP contribution in [-0.2, 0) is 20.9 Å². The van der Waals surface area contributed by atoms with Crippen LogP contribution in [0.25, 0.3) is 0 Å². The maximum Gasteiger partial charge on any atom is 0.323 e. The Morgan fingerprint density at radius 1 is 1.02 bits per heavy atom. The standard InChI is InChI=1S/C28H30FN5O6/c29-21-10-8-19(9-11-21)18-40-28-30-25(31-34(28)26(36)20-5-2-1-3-6-20)22-7-4-12-33(24(22)27(37)38)17-23(35)32-13-15-39-16-14-32/h1-3,5-6,8-11,22,24H,4,7,12-18H2,(H,37,38). The maximum absolute atomic E-state index is 13.4. The number of piperidine rings is 1. The molecule has 0 bridgehead atoms. The molecule has 2 fully saturated rings. The third-order valence-corrected chi connectivity index (χ3v) is 7.11.